The van der Waals surface area contributed by atoms with Crippen molar-refractivity contribution in [1.82, 2.24) is 19.5 Å². The Morgan fingerprint density at radius 2 is 1.86 bits per heavy atom. The van der Waals surface area contributed by atoms with Crippen LogP contribution in [0.15, 0.2) is 47.3 Å². The van der Waals surface area contributed by atoms with Gasteiger partial charge in [-0.05, 0) is 36.4 Å². The van der Waals surface area contributed by atoms with E-state index in [1.54, 1.807) is 18.2 Å². The fourth-order valence-corrected chi connectivity index (χ4v) is 3.16. The lowest BCUT2D eigenvalue weighted by Gasteiger charge is -2.07. The minimum atomic E-state index is -0.833. The Labute approximate surface area is 161 Å². The molecular formula is C19H12FN5O4. The fourth-order valence-electron chi connectivity index (χ4n) is 3.16. The van der Waals surface area contributed by atoms with E-state index in [-0.39, 0.29) is 29.5 Å². The van der Waals surface area contributed by atoms with Crippen molar-refractivity contribution in [3.05, 3.63) is 64.5 Å². The molecule has 9 nitrogen and oxygen atoms in total. The molecular weight excluding hydrogens is 381 g/mol. The van der Waals surface area contributed by atoms with Gasteiger partial charge in [-0.1, -0.05) is 0 Å². The van der Waals surface area contributed by atoms with Crippen LogP contribution in [0.3, 0.4) is 0 Å². The van der Waals surface area contributed by atoms with E-state index < -0.39 is 17.4 Å². The van der Waals surface area contributed by atoms with Gasteiger partial charge in [0, 0.05) is 11.6 Å². The first-order valence-electron chi connectivity index (χ1n) is 8.50. The number of carbonyl (C=O) groups is 1. The molecule has 0 fully saturated rings. The monoisotopic (exact) mass is 393 g/mol. The van der Waals surface area contributed by atoms with Crippen LogP contribution in [0.5, 0.6) is 11.5 Å². The first-order valence-corrected chi connectivity index (χ1v) is 8.50. The lowest BCUT2D eigenvalue weighted by atomic mass is 10.2. The van der Waals surface area contributed by atoms with E-state index in [0.29, 0.717) is 22.7 Å². The zero-order chi connectivity index (χ0) is 20.1. The van der Waals surface area contributed by atoms with Crippen LogP contribution in [-0.4, -0.2) is 32.2 Å². The number of hydrogen-bond acceptors (Lipinski definition) is 6. The molecule has 1 aliphatic heterocycles. The third-order valence-corrected chi connectivity index (χ3v) is 4.49. The molecule has 0 bridgehead atoms. The third kappa shape index (κ3) is 2.69. The minimum Gasteiger partial charge on any atom is -0.454 e. The minimum absolute atomic E-state index is 0.0876. The summed E-state index contributed by atoms with van der Waals surface area (Å²) in [4.78, 5) is 35.8. The Hall–Kier alpha value is -4.21. The number of amides is 1. The smallest absolute Gasteiger partial charge is 0.332 e. The maximum atomic E-state index is 13.3. The predicted octanol–water partition coefficient (Wildman–Crippen LogP) is 1.74. The summed E-state index contributed by atoms with van der Waals surface area (Å²) in [6.07, 6.45) is 0. The Morgan fingerprint density at radius 1 is 1.10 bits per heavy atom. The molecule has 2 aromatic carbocycles. The van der Waals surface area contributed by atoms with E-state index >= 15 is 0 Å². The van der Waals surface area contributed by atoms with Gasteiger partial charge in [-0.25, -0.2) is 23.7 Å². The van der Waals surface area contributed by atoms with Crippen molar-refractivity contribution in [3.8, 4) is 28.6 Å². The van der Waals surface area contributed by atoms with Gasteiger partial charge in [-0.2, -0.15) is 0 Å². The molecule has 0 unspecified atom stereocenters. The number of imidazole rings is 1. The molecule has 0 saturated heterocycles. The van der Waals surface area contributed by atoms with E-state index in [4.69, 9.17) is 15.2 Å². The summed E-state index contributed by atoms with van der Waals surface area (Å²) in [5.41, 5.74) is 5.94. The number of benzene rings is 2. The molecule has 2 aromatic heterocycles. The average molecular weight is 393 g/mol. The van der Waals surface area contributed by atoms with Gasteiger partial charge in [0.05, 0.1) is 5.69 Å². The number of carbonyl (C=O) groups excluding carboxylic acids is 1. The Morgan fingerprint density at radius 3 is 2.62 bits per heavy atom. The number of ether oxygens (including phenoxy) is 2. The Kier molecular flexibility index (Phi) is 3.60. The summed E-state index contributed by atoms with van der Waals surface area (Å²) in [6, 6.07) is 10.4. The lowest BCUT2D eigenvalue weighted by molar-refractivity contribution is 0.0997. The number of aromatic amines is 1. The maximum absolute atomic E-state index is 13.3. The zero-order valence-corrected chi connectivity index (χ0v) is 14.7. The van der Waals surface area contributed by atoms with Crippen molar-refractivity contribution >= 4 is 17.1 Å². The summed E-state index contributed by atoms with van der Waals surface area (Å²) in [7, 11) is 0. The summed E-state index contributed by atoms with van der Waals surface area (Å²) in [5.74, 6) is -0.101. The van der Waals surface area contributed by atoms with Gasteiger partial charge in [0.25, 0.3) is 5.91 Å². The second-order valence-electron chi connectivity index (χ2n) is 6.27. The molecule has 0 spiro atoms. The molecule has 29 heavy (non-hydrogen) atoms. The second kappa shape index (κ2) is 6.16. The summed E-state index contributed by atoms with van der Waals surface area (Å²) in [6.45, 7) is 0.0876. The van der Waals surface area contributed by atoms with Crippen LogP contribution < -0.4 is 20.9 Å². The predicted molar refractivity (Wildman–Crippen MR) is 99.5 cm³/mol. The second-order valence-corrected chi connectivity index (χ2v) is 6.27. The van der Waals surface area contributed by atoms with Gasteiger partial charge in [-0.15, -0.1) is 0 Å². The molecule has 0 radical (unpaired) electrons. The highest BCUT2D eigenvalue weighted by Gasteiger charge is 2.22. The zero-order valence-electron chi connectivity index (χ0n) is 14.7. The SMILES string of the molecule is NC(=O)c1nc(-c2ccc(F)cc2)nc2c1[nH]c(=O)n2-c1ccc2c(c1)OCO2. The summed E-state index contributed by atoms with van der Waals surface area (Å²) < 4.78 is 25.2. The van der Waals surface area contributed by atoms with Crippen molar-refractivity contribution < 1.29 is 18.7 Å². The topological polar surface area (TPSA) is 125 Å². The van der Waals surface area contributed by atoms with Gasteiger partial charge >= 0.3 is 5.69 Å². The van der Waals surface area contributed by atoms with Crippen molar-refractivity contribution in [2.45, 2.75) is 0 Å². The van der Waals surface area contributed by atoms with Crippen molar-refractivity contribution in [3.63, 3.8) is 0 Å². The van der Waals surface area contributed by atoms with E-state index in [0.717, 1.165) is 0 Å². The largest absolute Gasteiger partial charge is 0.454 e. The van der Waals surface area contributed by atoms with Crippen LogP contribution in [0.2, 0.25) is 0 Å². The van der Waals surface area contributed by atoms with E-state index in [1.807, 2.05) is 0 Å². The number of fused-ring (bicyclic) bond motifs is 2. The van der Waals surface area contributed by atoms with Crippen molar-refractivity contribution in [2.75, 3.05) is 6.79 Å². The molecule has 144 valence electrons. The highest BCUT2D eigenvalue weighted by atomic mass is 19.1. The van der Waals surface area contributed by atoms with Crippen LogP contribution in [-0.2, 0) is 0 Å². The average Bonchev–Trinajstić information content (AvgIpc) is 3.30. The van der Waals surface area contributed by atoms with E-state index in [9.17, 15) is 14.0 Å². The molecule has 4 aromatic rings. The van der Waals surface area contributed by atoms with Gasteiger partial charge in [0.1, 0.15) is 11.3 Å². The number of aromatic nitrogens is 4. The van der Waals surface area contributed by atoms with Crippen LogP contribution >= 0.6 is 0 Å². The quantitative estimate of drug-likeness (QED) is 0.546. The van der Waals surface area contributed by atoms with Gasteiger partial charge in [-0.3, -0.25) is 4.79 Å². The Bertz CT molecular complexity index is 1340. The molecule has 1 aliphatic rings. The molecule has 0 aliphatic carbocycles. The molecule has 3 N–H and O–H groups in total. The number of rotatable bonds is 3. The molecule has 5 rings (SSSR count). The Balaban J connectivity index is 1.79. The first-order chi connectivity index (χ1) is 14.0. The third-order valence-electron chi connectivity index (χ3n) is 4.49. The molecule has 1 amide bonds. The molecule has 0 saturated carbocycles. The van der Waals surface area contributed by atoms with Crippen molar-refractivity contribution in [2.24, 2.45) is 5.73 Å². The summed E-state index contributed by atoms with van der Waals surface area (Å²) >= 11 is 0. The molecule has 0 atom stereocenters. The van der Waals surface area contributed by atoms with Crippen molar-refractivity contribution in [1.29, 1.82) is 0 Å². The first kappa shape index (κ1) is 16.9. The van der Waals surface area contributed by atoms with Gasteiger partial charge < -0.3 is 20.2 Å². The molecule has 10 heteroatoms. The van der Waals surface area contributed by atoms with E-state index in [1.165, 1.54) is 28.8 Å². The van der Waals surface area contributed by atoms with Crippen LogP contribution in [0.25, 0.3) is 28.2 Å². The van der Waals surface area contributed by atoms with Gasteiger partial charge in [0.15, 0.2) is 28.7 Å². The normalized spacial score (nSPS) is 12.4. The van der Waals surface area contributed by atoms with Gasteiger partial charge in [0.2, 0.25) is 6.79 Å². The number of primary amides is 1. The number of nitrogens with two attached hydrogens (primary N) is 1. The van der Waals surface area contributed by atoms with Crippen LogP contribution in [0.1, 0.15) is 10.5 Å². The number of halogens is 1. The highest BCUT2D eigenvalue weighted by Crippen LogP contribution is 2.34. The fraction of sp³-hybridized carbons (Fsp3) is 0.0526. The molecule has 3 heterocycles. The number of H-pyrrole nitrogens is 1. The highest BCUT2D eigenvalue weighted by molar-refractivity contribution is 6.02. The number of hydrogen-bond donors (Lipinski definition) is 2. The standard InChI is InChI=1S/C19H12FN5O4/c20-10-3-1-9(2-4-10)17-22-14(16(21)26)15-18(24-17)25(19(27)23-15)11-5-6-12-13(7-11)29-8-28-12/h1-7H,8H2,(H2,21,26)(H,23,27). The maximum Gasteiger partial charge on any atom is 0.332 e. The number of nitrogens with one attached hydrogen (secondary N) is 1. The van der Waals surface area contributed by atoms with Crippen LogP contribution in [0, 0.1) is 5.82 Å². The van der Waals surface area contributed by atoms with E-state index in [2.05, 4.69) is 15.0 Å². The summed E-state index contributed by atoms with van der Waals surface area (Å²) in [5, 5.41) is 0. The number of nitrogens with zero attached hydrogens (tertiary/aromatic N) is 3. The lowest BCUT2D eigenvalue weighted by Crippen LogP contribution is -2.15. The van der Waals surface area contributed by atoms with Crippen LogP contribution in [0.4, 0.5) is 4.39 Å².